The molecule has 31 heavy (non-hydrogen) atoms. The number of thiophene rings is 1. The SMILES string of the molecule is COC(=O)c1sccc1S(=O)(=O)Nc1ccc(Oc2cc(-n3ccnc3)ncn2)cc1. The molecule has 0 spiro atoms. The Bertz CT molecular complexity index is 1300. The molecule has 0 aliphatic rings. The van der Waals surface area contributed by atoms with E-state index in [-0.39, 0.29) is 9.77 Å². The first-order valence-corrected chi connectivity index (χ1v) is 11.1. The van der Waals surface area contributed by atoms with Crippen LogP contribution in [-0.4, -0.2) is 41.0 Å². The van der Waals surface area contributed by atoms with Crippen LogP contribution in [0.1, 0.15) is 9.67 Å². The van der Waals surface area contributed by atoms with Gasteiger partial charge >= 0.3 is 5.97 Å². The molecule has 0 fully saturated rings. The van der Waals surface area contributed by atoms with E-state index in [0.29, 0.717) is 23.1 Å². The van der Waals surface area contributed by atoms with E-state index in [1.807, 2.05) is 0 Å². The van der Waals surface area contributed by atoms with Gasteiger partial charge in [-0.1, -0.05) is 0 Å². The first-order valence-electron chi connectivity index (χ1n) is 8.73. The van der Waals surface area contributed by atoms with E-state index < -0.39 is 16.0 Å². The Morgan fingerprint density at radius 1 is 1.16 bits per heavy atom. The Hall–Kier alpha value is -3.77. The highest BCUT2D eigenvalue weighted by atomic mass is 32.2. The first-order chi connectivity index (χ1) is 15.0. The maximum Gasteiger partial charge on any atom is 0.349 e. The molecule has 0 aliphatic carbocycles. The molecule has 12 heteroatoms. The Morgan fingerprint density at radius 2 is 1.97 bits per heavy atom. The number of esters is 1. The van der Waals surface area contributed by atoms with Crippen LogP contribution in [0.3, 0.4) is 0 Å². The molecule has 0 amide bonds. The lowest BCUT2D eigenvalue weighted by atomic mass is 10.3. The Balaban J connectivity index is 1.48. The minimum atomic E-state index is -3.97. The predicted molar refractivity (Wildman–Crippen MR) is 112 cm³/mol. The van der Waals surface area contributed by atoms with Crippen LogP contribution >= 0.6 is 11.3 Å². The average Bonchev–Trinajstić information content (AvgIpc) is 3.47. The molecule has 0 aliphatic heterocycles. The van der Waals surface area contributed by atoms with Crippen molar-refractivity contribution in [1.82, 2.24) is 19.5 Å². The number of anilines is 1. The Morgan fingerprint density at radius 3 is 2.68 bits per heavy atom. The van der Waals surface area contributed by atoms with Gasteiger partial charge in [0.25, 0.3) is 10.0 Å². The fourth-order valence-corrected chi connectivity index (χ4v) is 4.99. The fourth-order valence-electron chi connectivity index (χ4n) is 2.59. The summed E-state index contributed by atoms with van der Waals surface area (Å²) in [5.74, 6) is 0.639. The summed E-state index contributed by atoms with van der Waals surface area (Å²) < 4.78 is 39.8. The second-order valence-electron chi connectivity index (χ2n) is 6.02. The Kier molecular flexibility index (Phi) is 5.64. The topological polar surface area (TPSA) is 125 Å². The summed E-state index contributed by atoms with van der Waals surface area (Å²) in [5, 5.41) is 1.51. The molecule has 3 aromatic heterocycles. The lowest BCUT2D eigenvalue weighted by Gasteiger charge is -2.10. The van der Waals surface area contributed by atoms with Crippen molar-refractivity contribution in [2.75, 3.05) is 11.8 Å². The molecule has 0 saturated carbocycles. The molecule has 0 bridgehead atoms. The number of hydrogen-bond donors (Lipinski definition) is 1. The van der Waals surface area contributed by atoms with Gasteiger partial charge in [0.1, 0.15) is 34.0 Å². The molecule has 4 aromatic rings. The van der Waals surface area contributed by atoms with Gasteiger partial charge in [0.15, 0.2) is 0 Å². The fraction of sp³-hybridized carbons (Fsp3) is 0.0526. The van der Waals surface area contributed by atoms with Crippen molar-refractivity contribution < 1.29 is 22.7 Å². The number of carbonyl (C=O) groups is 1. The number of methoxy groups -OCH3 is 1. The number of aromatic nitrogens is 4. The summed E-state index contributed by atoms with van der Waals surface area (Å²) in [6, 6.07) is 9.24. The van der Waals surface area contributed by atoms with Crippen LogP contribution < -0.4 is 9.46 Å². The number of benzene rings is 1. The van der Waals surface area contributed by atoms with Crippen molar-refractivity contribution in [2.24, 2.45) is 0 Å². The van der Waals surface area contributed by atoms with Gasteiger partial charge in [-0.25, -0.2) is 28.2 Å². The van der Waals surface area contributed by atoms with Crippen molar-refractivity contribution in [2.45, 2.75) is 4.90 Å². The summed E-state index contributed by atoms with van der Waals surface area (Å²) in [6.45, 7) is 0. The molecular formula is C19H15N5O5S2. The number of carbonyl (C=O) groups excluding carboxylic acids is 1. The number of sulfonamides is 1. The van der Waals surface area contributed by atoms with Gasteiger partial charge in [0, 0.05) is 24.1 Å². The summed E-state index contributed by atoms with van der Waals surface area (Å²) in [7, 11) is -2.77. The van der Waals surface area contributed by atoms with Gasteiger partial charge < -0.3 is 9.47 Å². The van der Waals surface area contributed by atoms with Gasteiger partial charge in [-0.2, -0.15) is 0 Å². The Labute approximate surface area is 181 Å². The highest BCUT2D eigenvalue weighted by molar-refractivity contribution is 7.93. The van der Waals surface area contributed by atoms with Crippen molar-refractivity contribution in [1.29, 1.82) is 0 Å². The summed E-state index contributed by atoms with van der Waals surface area (Å²) in [6.07, 6.45) is 6.35. The summed E-state index contributed by atoms with van der Waals surface area (Å²) in [5.41, 5.74) is 0.302. The molecule has 0 radical (unpaired) electrons. The third kappa shape index (κ3) is 4.54. The molecule has 4 rings (SSSR count). The van der Waals surface area contributed by atoms with Crippen LogP contribution in [0.4, 0.5) is 5.69 Å². The van der Waals surface area contributed by atoms with Crippen molar-refractivity contribution >= 4 is 33.0 Å². The smallest absolute Gasteiger partial charge is 0.349 e. The molecule has 3 heterocycles. The van der Waals surface area contributed by atoms with Crippen LogP contribution in [0.15, 0.2) is 71.7 Å². The van der Waals surface area contributed by atoms with Crippen LogP contribution in [0, 0.1) is 0 Å². The van der Waals surface area contributed by atoms with E-state index in [1.54, 1.807) is 41.5 Å². The highest BCUT2D eigenvalue weighted by Gasteiger charge is 2.24. The molecule has 10 nitrogen and oxygen atoms in total. The lowest BCUT2D eigenvalue weighted by molar-refractivity contribution is 0.0602. The lowest BCUT2D eigenvalue weighted by Crippen LogP contribution is -2.15. The minimum absolute atomic E-state index is 0.00686. The first kappa shape index (κ1) is 20.5. The van der Waals surface area contributed by atoms with Gasteiger partial charge in [0.2, 0.25) is 5.88 Å². The molecular weight excluding hydrogens is 442 g/mol. The second-order valence-corrected chi connectivity index (χ2v) is 8.59. The average molecular weight is 457 g/mol. The molecule has 0 saturated heterocycles. The van der Waals surface area contributed by atoms with E-state index in [0.717, 1.165) is 11.3 Å². The zero-order valence-corrected chi connectivity index (χ0v) is 17.6. The van der Waals surface area contributed by atoms with Crippen LogP contribution in [0.2, 0.25) is 0 Å². The maximum absolute atomic E-state index is 12.7. The monoisotopic (exact) mass is 457 g/mol. The van der Waals surface area contributed by atoms with Crippen LogP contribution in [0.25, 0.3) is 5.82 Å². The van der Waals surface area contributed by atoms with Gasteiger partial charge in [-0.15, -0.1) is 11.3 Å². The quantitative estimate of drug-likeness (QED) is 0.420. The predicted octanol–water partition coefficient (Wildman–Crippen LogP) is 3.10. The minimum Gasteiger partial charge on any atom is -0.465 e. The highest BCUT2D eigenvalue weighted by Crippen LogP contribution is 2.27. The van der Waals surface area contributed by atoms with Gasteiger partial charge in [-0.3, -0.25) is 9.29 Å². The maximum atomic E-state index is 12.7. The zero-order valence-electron chi connectivity index (χ0n) is 16.0. The van der Waals surface area contributed by atoms with E-state index in [1.165, 1.54) is 37.0 Å². The molecule has 1 aromatic carbocycles. The van der Waals surface area contributed by atoms with E-state index in [2.05, 4.69) is 24.4 Å². The van der Waals surface area contributed by atoms with Crippen LogP contribution in [-0.2, 0) is 14.8 Å². The zero-order chi connectivity index (χ0) is 21.8. The van der Waals surface area contributed by atoms with E-state index >= 15 is 0 Å². The normalized spacial score (nSPS) is 11.1. The summed E-state index contributed by atoms with van der Waals surface area (Å²) in [4.78, 5) is 23.8. The second kappa shape index (κ2) is 8.53. The number of nitrogens with one attached hydrogen (secondary N) is 1. The van der Waals surface area contributed by atoms with Gasteiger partial charge in [-0.05, 0) is 35.7 Å². The number of rotatable bonds is 7. The third-order valence-electron chi connectivity index (χ3n) is 4.01. The third-order valence-corrected chi connectivity index (χ3v) is 6.46. The molecule has 1 N–H and O–H groups in total. The number of imidazole rings is 1. The van der Waals surface area contributed by atoms with Crippen molar-refractivity contribution in [3.63, 3.8) is 0 Å². The van der Waals surface area contributed by atoms with Crippen molar-refractivity contribution in [3.05, 3.63) is 71.7 Å². The number of hydrogen-bond acceptors (Lipinski definition) is 9. The largest absolute Gasteiger partial charge is 0.465 e. The van der Waals surface area contributed by atoms with Gasteiger partial charge in [0.05, 0.1) is 7.11 Å². The summed E-state index contributed by atoms with van der Waals surface area (Å²) >= 11 is 0.992. The van der Waals surface area contributed by atoms with E-state index in [9.17, 15) is 13.2 Å². The molecule has 0 unspecified atom stereocenters. The standard InChI is InChI=1S/C19H15N5O5S2/c1-28-19(25)18-15(6-9-30-18)31(26,27)23-13-2-4-14(5-3-13)29-17-10-16(21-11-22-17)24-8-7-20-12-24/h2-12,23H,1H3. The molecule has 0 atom stereocenters. The molecule has 158 valence electrons. The van der Waals surface area contributed by atoms with Crippen molar-refractivity contribution in [3.8, 4) is 17.4 Å². The number of nitrogens with zero attached hydrogens (tertiary/aromatic N) is 4. The van der Waals surface area contributed by atoms with Crippen LogP contribution in [0.5, 0.6) is 11.6 Å². The number of ether oxygens (including phenoxy) is 2. The van der Waals surface area contributed by atoms with E-state index in [4.69, 9.17) is 4.74 Å².